The van der Waals surface area contributed by atoms with Crippen LogP contribution in [-0.2, 0) is 13.6 Å². The molecule has 4 heterocycles. The normalized spacial score (nSPS) is 11.7. The molecule has 4 rings (SSSR count). The molecule has 0 fully saturated rings. The average molecular weight is 528 g/mol. The molecular formula is C24H24ClF2N9O. The fourth-order valence-electron chi connectivity index (χ4n) is 3.37. The van der Waals surface area contributed by atoms with Crippen LogP contribution in [0.4, 0.5) is 20.3 Å². The molecule has 0 spiro atoms. The van der Waals surface area contributed by atoms with Gasteiger partial charge in [-0.05, 0) is 19.1 Å². The minimum absolute atomic E-state index is 0.185. The largest absolute Gasteiger partial charge is 0.474 e. The lowest BCUT2D eigenvalue weighted by Gasteiger charge is -2.17. The van der Waals surface area contributed by atoms with Gasteiger partial charge in [0.25, 0.3) is 6.43 Å². The molecular weight excluding hydrogens is 504 g/mol. The number of nitrogens with one attached hydrogen (secondary N) is 1. The topological polar surface area (TPSA) is 122 Å². The van der Waals surface area contributed by atoms with Crippen LogP contribution in [0.1, 0.15) is 24.5 Å². The van der Waals surface area contributed by atoms with E-state index in [1.54, 1.807) is 42.5 Å². The summed E-state index contributed by atoms with van der Waals surface area (Å²) in [4.78, 5) is 12.6. The van der Waals surface area contributed by atoms with Gasteiger partial charge in [0.2, 0.25) is 5.88 Å². The zero-order valence-electron chi connectivity index (χ0n) is 20.1. The molecule has 0 unspecified atom stereocenters. The van der Waals surface area contributed by atoms with Crippen LogP contribution < -0.4 is 15.8 Å². The van der Waals surface area contributed by atoms with Crippen LogP contribution in [0.2, 0.25) is 5.15 Å². The van der Waals surface area contributed by atoms with E-state index in [0.29, 0.717) is 58.0 Å². The molecule has 0 saturated carbocycles. The molecule has 0 saturated heterocycles. The van der Waals surface area contributed by atoms with E-state index in [4.69, 9.17) is 22.1 Å². The Morgan fingerprint density at radius 2 is 2.03 bits per heavy atom. The standard InChI is InChI=1S/C24H24ClF2N9O/c1-15(37-24-18(12-32-35(24)2)23-30-8-6-22(28)34-23)5-7-29-19-9-20(25)31-11-17(19)4-3-16-10-33-36(13-16)14-21(26)27/h6,8-13,15,21H,5,7,14H2,1-2H3,(H,29,31)(H2,28,30,34)/t15-/m0/s1. The maximum Gasteiger partial charge on any atom is 0.257 e. The third kappa shape index (κ3) is 6.92. The maximum absolute atomic E-state index is 12.5. The molecule has 0 aromatic carbocycles. The van der Waals surface area contributed by atoms with Gasteiger partial charge in [-0.2, -0.15) is 10.2 Å². The number of anilines is 2. The highest BCUT2D eigenvalue weighted by Crippen LogP contribution is 2.28. The Balaban J connectivity index is 1.39. The lowest BCUT2D eigenvalue weighted by atomic mass is 10.2. The van der Waals surface area contributed by atoms with Crippen molar-refractivity contribution in [3.05, 3.63) is 59.4 Å². The highest BCUT2D eigenvalue weighted by Gasteiger charge is 2.17. The lowest BCUT2D eigenvalue weighted by molar-refractivity contribution is 0.122. The molecule has 0 radical (unpaired) electrons. The van der Waals surface area contributed by atoms with Gasteiger partial charge in [-0.15, -0.1) is 0 Å². The van der Waals surface area contributed by atoms with E-state index in [1.165, 1.54) is 12.4 Å². The number of ether oxygens (including phenoxy) is 1. The predicted molar refractivity (Wildman–Crippen MR) is 135 cm³/mol. The summed E-state index contributed by atoms with van der Waals surface area (Å²) in [5, 5.41) is 11.8. The number of nitrogens with zero attached hydrogens (tertiary/aromatic N) is 7. The SMILES string of the molecule is C[C@@H](CCNc1cc(Cl)ncc1C#Cc1cnn(CC(F)F)c1)Oc1c(-c2nccc(N)n2)cnn1C. The van der Waals surface area contributed by atoms with Gasteiger partial charge in [-0.25, -0.2) is 28.4 Å². The highest BCUT2D eigenvalue weighted by molar-refractivity contribution is 6.29. The van der Waals surface area contributed by atoms with Crippen LogP contribution >= 0.6 is 11.6 Å². The van der Waals surface area contributed by atoms with Gasteiger partial charge in [0, 0.05) is 38.6 Å². The number of hydrogen-bond donors (Lipinski definition) is 2. The summed E-state index contributed by atoms with van der Waals surface area (Å²) in [6.07, 6.45) is 5.63. The van der Waals surface area contributed by atoms with E-state index in [9.17, 15) is 8.78 Å². The van der Waals surface area contributed by atoms with E-state index in [-0.39, 0.29) is 6.10 Å². The molecule has 0 bridgehead atoms. The number of aromatic nitrogens is 7. The zero-order chi connectivity index (χ0) is 26.4. The van der Waals surface area contributed by atoms with Crippen LogP contribution in [0, 0.1) is 11.8 Å². The first-order valence-corrected chi connectivity index (χ1v) is 11.7. The van der Waals surface area contributed by atoms with Crippen LogP contribution in [0.15, 0.2) is 43.1 Å². The first-order chi connectivity index (χ1) is 17.8. The molecule has 192 valence electrons. The van der Waals surface area contributed by atoms with Crippen molar-refractivity contribution >= 4 is 23.1 Å². The van der Waals surface area contributed by atoms with Crippen molar-refractivity contribution in [2.24, 2.45) is 7.05 Å². The second kappa shape index (κ2) is 11.7. The van der Waals surface area contributed by atoms with E-state index in [2.05, 4.69) is 42.3 Å². The molecule has 0 amide bonds. The van der Waals surface area contributed by atoms with Gasteiger partial charge in [0.15, 0.2) is 5.82 Å². The summed E-state index contributed by atoms with van der Waals surface area (Å²) in [6, 6.07) is 3.28. The average Bonchev–Trinajstić information content (AvgIpc) is 3.44. The molecule has 37 heavy (non-hydrogen) atoms. The monoisotopic (exact) mass is 527 g/mol. The highest BCUT2D eigenvalue weighted by atomic mass is 35.5. The summed E-state index contributed by atoms with van der Waals surface area (Å²) in [6.45, 7) is 2.00. The molecule has 3 N–H and O–H groups in total. The fraction of sp³-hybridized carbons (Fsp3) is 0.292. The van der Waals surface area contributed by atoms with E-state index >= 15 is 0 Å². The Kier molecular flexibility index (Phi) is 8.15. The number of nitrogen functional groups attached to an aromatic ring is 1. The third-order valence-corrected chi connectivity index (χ3v) is 5.36. The van der Waals surface area contributed by atoms with Gasteiger partial charge in [0.05, 0.1) is 35.3 Å². The molecule has 13 heteroatoms. The van der Waals surface area contributed by atoms with Crippen molar-refractivity contribution in [3.8, 4) is 29.1 Å². The number of nitrogens with two attached hydrogens (primary N) is 1. The zero-order valence-corrected chi connectivity index (χ0v) is 20.8. The molecule has 1 atom stereocenters. The smallest absolute Gasteiger partial charge is 0.257 e. The van der Waals surface area contributed by atoms with Gasteiger partial charge in [0.1, 0.15) is 23.1 Å². The van der Waals surface area contributed by atoms with Gasteiger partial charge in [-0.1, -0.05) is 23.4 Å². The van der Waals surface area contributed by atoms with Crippen LogP contribution in [0.25, 0.3) is 11.4 Å². The van der Waals surface area contributed by atoms with Crippen molar-refractivity contribution in [1.82, 2.24) is 34.5 Å². The third-order valence-electron chi connectivity index (χ3n) is 5.15. The van der Waals surface area contributed by atoms with Gasteiger partial charge < -0.3 is 15.8 Å². The second-order valence-corrected chi connectivity index (χ2v) is 8.47. The van der Waals surface area contributed by atoms with Crippen molar-refractivity contribution in [3.63, 3.8) is 0 Å². The molecule has 4 aromatic rings. The predicted octanol–water partition coefficient (Wildman–Crippen LogP) is 3.64. The quantitative estimate of drug-likeness (QED) is 0.250. The Morgan fingerprint density at radius 1 is 1.19 bits per heavy atom. The van der Waals surface area contributed by atoms with Gasteiger partial charge >= 0.3 is 0 Å². The minimum atomic E-state index is -2.49. The van der Waals surface area contributed by atoms with Crippen LogP contribution in [0.5, 0.6) is 5.88 Å². The number of aryl methyl sites for hydroxylation is 1. The molecule has 10 nitrogen and oxygen atoms in total. The Labute approximate surface area is 216 Å². The van der Waals surface area contributed by atoms with E-state index < -0.39 is 13.0 Å². The number of rotatable bonds is 9. The van der Waals surface area contributed by atoms with E-state index in [1.807, 2.05) is 6.92 Å². The maximum atomic E-state index is 12.5. The summed E-state index contributed by atoms with van der Waals surface area (Å²) in [5.74, 6) is 7.23. The fourth-order valence-corrected chi connectivity index (χ4v) is 3.52. The van der Waals surface area contributed by atoms with Crippen molar-refractivity contribution in [2.45, 2.75) is 32.4 Å². The van der Waals surface area contributed by atoms with Crippen molar-refractivity contribution < 1.29 is 13.5 Å². The summed E-state index contributed by atoms with van der Waals surface area (Å²) in [5.41, 5.74) is 8.24. The number of pyridine rings is 1. The molecule has 4 aromatic heterocycles. The van der Waals surface area contributed by atoms with Gasteiger partial charge in [-0.3, -0.25) is 4.68 Å². The molecule has 0 aliphatic rings. The molecule has 0 aliphatic carbocycles. The van der Waals surface area contributed by atoms with Crippen LogP contribution in [0.3, 0.4) is 0 Å². The second-order valence-electron chi connectivity index (χ2n) is 8.08. The first kappa shape index (κ1) is 25.8. The summed E-state index contributed by atoms with van der Waals surface area (Å²) >= 11 is 6.09. The number of halogens is 3. The molecule has 0 aliphatic heterocycles. The number of hydrogen-bond acceptors (Lipinski definition) is 8. The Morgan fingerprint density at radius 3 is 2.81 bits per heavy atom. The number of alkyl halides is 2. The lowest BCUT2D eigenvalue weighted by Crippen LogP contribution is -2.19. The van der Waals surface area contributed by atoms with Crippen LogP contribution in [-0.4, -0.2) is 53.6 Å². The summed E-state index contributed by atoms with van der Waals surface area (Å²) in [7, 11) is 1.78. The minimum Gasteiger partial charge on any atom is -0.474 e. The Bertz CT molecular complexity index is 1430. The van der Waals surface area contributed by atoms with E-state index in [0.717, 1.165) is 4.68 Å². The van der Waals surface area contributed by atoms with Crippen molar-refractivity contribution in [2.75, 3.05) is 17.6 Å². The Hall–Kier alpha value is -4.24. The first-order valence-electron chi connectivity index (χ1n) is 11.3. The van der Waals surface area contributed by atoms with Crippen molar-refractivity contribution in [1.29, 1.82) is 0 Å². The summed E-state index contributed by atoms with van der Waals surface area (Å²) < 4.78 is 34.0.